The van der Waals surface area contributed by atoms with Crippen LogP contribution < -0.4 is 0 Å². The van der Waals surface area contributed by atoms with Gasteiger partial charge in [0, 0.05) is 6.20 Å². The third-order valence-electron chi connectivity index (χ3n) is 2.05. The molecule has 3 aromatic rings. The molecule has 5 heteroatoms. The molecule has 0 saturated heterocycles. The maximum absolute atomic E-state index is 4.30. The molecule has 3 aromatic heterocycles. The Bertz CT molecular complexity index is 607. The molecule has 16 heavy (non-hydrogen) atoms. The highest BCUT2D eigenvalue weighted by atomic mass is 32.2. The standard InChI is InChI=1S/C11H7N3S2/c1-2-5-12-9(3-1)16-11-10-8(4-6-15-10)13-7-14-11/h1-7H. The topological polar surface area (TPSA) is 38.7 Å². The van der Waals surface area contributed by atoms with Crippen molar-refractivity contribution in [3.63, 3.8) is 0 Å². The van der Waals surface area contributed by atoms with E-state index in [2.05, 4.69) is 15.0 Å². The summed E-state index contributed by atoms with van der Waals surface area (Å²) in [6.45, 7) is 0. The van der Waals surface area contributed by atoms with Crippen LogP contribution in [-0.2, 0) is 0 Å². The van der Waals surface area contributed by atoms with Gasteiger partial charge < -0.3 is 0 Å². The molecule has 0 atom stereocenters. The number of nitrogens with zero attached hydrogens (tertiary/aromatic N) is 3. The van der Waals surface area contributed by atoms with Gasteiger partial charge in [-0.1, -0.05) is 6.07 Å². The monoisotopic (exact) mass is 245 g/mol. The maximum Gasteiger partial charge on any atom is 0.123 e. The fraction of sp³-hybridized carbons (Fsp3) is 0. The summed E-state index contributed by atoms with van der Waals surface area (Å²) in [5.74, 6) is 0. The molecule has 3 nitrogen and oxygen atoms in total. The van der Waals surface area contributed by atoms with Crippen molar-refractivity contribution in [1.29, 1.82) is 0 Å². The van der Waals surface area contributed by atoms with Gasteiger partial charge in [-0.15, -0.1) is 11.3 Å². The number of thiophene rings is 1. The molecule has 0 bridgehead atoms. The predicted octanol–water partition coefficient (Wildman–Crippen LogP) is 3.24. The minimum atomic E-state index is 0.955. The van der Waals surface area contributed by atoms with Gasteiger partial charge >= 0.3 is 0 Å². The largest absolute Gasteiger partial charge is 0.250 e. The molecule has 0 spiro atoms. The van der Waals surface area contributed by atoms with Crippen molar-refractivity contribution < 1.29 is 0 Å². The van der Waals surface area contributed by atoms with Crippen LogP contribution in [0.5, 0.6) is 0 Å². The van der Waals surface area contributed by atoms with Crippen LogP contribution in [-0.4, -0.2) is 15.0 Å². The molecule has 3 rings (SSSR count). The summed E-state index contributed by atoms with van der Waals surface area (Å²) in [4.78, 5) is 12.8. The van der Waals surface area contributed by atoms with E-state index in [4.69, 9.17) is 0 Å². The average Bonchev–Trinajstić information content (AvgIpc) is 2.80. The van der Waals surface area contributed by atoms with Crippen molar-refractivity contribution in [1.82, 2.24) is 15.0 Å². The molecule has 0 N–H and O–H groups in total. The molecule has 0 aromatic carbocycles. The van der Waals surface area contributed by atoms with E-state index in [1.165, 1.54) is 0 Å². The van der Waals surface area contributed by atoms with E-state index in [0.29, 0.717) is 0 Å². The van der Waals surface area contributed by atoms with E-state index in [1.807, 2.05) is 29.6 Å². The van der Waals surface area contributed by atoms with Crippen LogP contribution in [0.15, 0.2) is 52.2 Å². The lowest BCUT2D eigenvalue weighted by Gasteiger charge is -1.99. The Labute approximate surface area is 101 Å². The summed E-state index contributed by atoms with van der Waals surface area (Å²) in [6, 6.07) is 7.86. The van der Waals surface area contributed by atoms with Gasteiger partial charge in [-0.05, 0) is 35.3 Å². The molecule has 78 valence electrons. The first-order valence-corrected chi connectivity index (χ1v) is 6.40. The number of pyridine rings is 1. The Morgan fingerprint density at radius 1 is 1.06 bits per heavy atom. The van der Waals surface area contributed by atoms with Crippen LogP contribution in [0, 0.1) is 0 Å². The summed E-state index contributed by atoms with van der Waals surface area (Å²) < 4.78 is 1.12. The van der Waals surface area contributed by atoms with E-state index in [0.717, 1.165) is 20.3 Å². The zero-order valence-electron chi connectivity index (χ0n) is 8.20. The highest BCUT2D eigenvalue weighted by Crippen LogP contribution is 2.32. The predicted molar refractivity (Wildman–Crippen MR) is 65.8 cm³/mol. The first-order valence-electron chi connectivity index (χ1n) is 4.70. The number of aromatic nitrogens is 3. The molecular weight excluding hydrogens is 238 g/mol. The molecule has 0 unspecified atom stereocenters. The van der Waals surface area contributed by atoms with Crippen LogP contribution in [0.1, 0.15) is 0 Å². The van der Waals surface area contributed by atoms with Crippen molar-refractivity contribution in [3.8, 4) is 0 Å². The Kier molecular flexibility index (Phi) is 2.55. The summed E-state index contributed by atoms with van der Waals surface area (Å²) in [5, 5.41) is 3.96. The second kappa shape index (κ2) is 4.19. The van der Waals surface area contributed by atoms with E-state index in [-0.39, 0.29) is 0 Å². The van der Waals surface area contributed by atoms with Crippen molar-refractivity contribution >= 4 is 33.3 Å². The first kappa shape index (κ1) is 9.74. The zero-order chi connectivity index (χ0) is 10.8. The van der Waals surface area contributed by atoms with Crippen LogP contribution in [0.2, 0.25) is 0 Å². The summed E-state index contributed by atoms with van der Waals surface area (Å²) in [7, 11) is 0. The van der Waals surface area contributed by atoms with Crippen molar-refractivity contribution in [2.45, 2.75) is 10.1 Å². The summed E-state index contributed by atoms with van der Waals surface area (Å²) in [5.41, 5.74) is 0.999. The van der Waals surface area contributed by atoms with Gasteiger partial charge in [-0.3, -0.25) is 0 Å². The molecule has 0 radical (unpaired) electrons. The van der Waals surface area contributed by atoms with E-state index < -0.39 is 0 Å². The van der Waals surface area contributed by atoms with Crippen molar-refractivity contribution in [3.05, 3.63) is 42.2 Å². The SMILES string of the molecule is c1ccc(Sc2ncnc3ccsc23)nc1. The Hall–Kier alpha value is -1.46. The van der Waals surface area contributed by atoms with Crippen molar-refractivity contribution in [2.24, 2.45) is 0 Å². The number of hydrogen-bond acceptors (Lipinski definition) is 5. The van der Waals surface area contributed by atoms with Crippen LogP contribution in [0.25, 0.3) is 10.2 Å². The van der Waals surface area contributed by atoms with Gasteiger partial charge in [0.15, 0.2) is 0 Å². The van der Waals surface area contributed by atoms with Gasteiger partial charge in [0.05, 0.1) is 10.2 Å². The van der Waals surface area contributed by atoms with Crippen LogP contribution in [0.4, 0.5) is 0 Å². The van der Waals surface area contributed by atoms with Gasteiger partial charge in [-0.2, -0.15) is 0 Å². The van der Waals surface area contributed by atoms with Gasteiger partial charge in [-0.25, -0.2) is 15.0 Å². The molecule has 0 aliphatic heterocycles. The quantitative estimate of drug-likeness (QED) is 0.650. The lowest BCUT2D eigenvalue weighted by Crippen LogP contribution is -1.84. The van der Waals surface area contributed by atoms with E-state index in [1.54, 1.807) is 35.6 Å². The van der Waals surface area contributed by atoms with Gasteiger partial charge in [0.2, 0.25) is 0 Å². The third kappa shape index (κ3) is 1.79. The second-order valence-corrected chi connectivity index (χ2v) is 5.01. The third-order valence-corrected chi connectivity index (χ3v) is 4.04. The Morgan fingerprint density at radius 3 is 2.94 bits per heavy atom. The number of fused-ring (bicyclic) bond motifs is 1. The maximum atomic E-state index is 4.30. The molecule has 0 saturated carbocycles. The summed E-state index contributed by atoms with van der Waals surface area (Å²) >= 11 is 3.23. The van der Waals surface area contributed by atoms with Crippen LogP contribution in [0.3, 0.4) is 0 Å². The Morgan fingerprint density at radius 2 is 2.06 bits per heavy atom. The lowest BCUT2D eigenvalue weighted by molar-refractivity contribution is 1.08. The molecule has 3 heterocycles. The molecular formula is C11H7N3S2. The highest BCUT2D eigenvalue weighted by Gasteiger charge is 2.06. The van der Waals surface area contributed by atoms with Gasteiger partial charge in [0.25, 0.3) is 0 Å². The number of hydrogen-bond donors (Lipinski definition) is 0. The molecule has 0 fully saturated rings. The average molecular weight is 245 g/mol. The highest BCUT2D eigenvalue weighted by molar-refractivity contribution is 7.99. The smallest absolute Gasteiger partial charge is 0.123 e. The fourth-order valence-electron chi connectivity index (χ4n) is 1.35. The fourth-order valence-corrected chi connectivity index (χ4v) is 3.10. The molecule has 0 aliphatic rings. The normalized spacial score (nSPS) is 10.8. The minimum absolute atomic E-state index is 0.955. The number of rotatable bonds is 2. The Balaban J connectivity index is 2.04. The lowest BCUT2D eigenvalue weighted by atomic mass is 10.5. The first-order chi connectivity index (χ1) is 7.93. The van der Waals surface area contributed by atoms with Crippen molar-refractivity contribution in [2.75, 3.05) is 0 Å². The zero-order valence-corrected chi connectivity index (χ0v) is 9.83. The molecule has 0 aliphatic carbocycles. The second-order valence-electron chi connectivity index (χ2n) is 3.08. The van der Waals surface area contributed by atoms with E-state index in [9.17, 15) is 0 Å². The van der Waals surface area contributed by atoms with E-state index >= 15 is 0 Å². The summed E-state index contributed by atoms with van der Waals surface area (Å²) in [6.07, 6.45) is 3.38. The molecule has 0 amide bonds. The minimum Gasteiger partial charge on any atom is -0.250 e. The van der Waals surface area contributed by atoms with Crippen LogP contribution >= 0.6 is 23.1 Å². The van der Waals surface area contributed by atoms with Gasteiger partial charge in [0.1, 0.15) is 16.4 Å².